The Bertz CT molecular complexity index is 1150. The maximum absolute atomic E-state index is 9.01. The van der Waals surface area contributed by atoms with Crippen LogP contribution in [0.5, 0.6) is 5.75 Å². The van der Waals surface area contributed by atoms with Crippen molar-refractivity contribution in [1.29, 1.82) is 10.5 Å². The Morgan fingerprint density at radius 3 is 2.03 bits per heavy atom. The fraction of sp³-hybridized carbons (Fsp3) is 0.231. The Morgan fingerprint density at radius 2 is 1.48 bits per heavy atom. The van der Waals surface area contributed by atoms with Gasteiger partial charge in [-0.2, -0.15) is 10.5 Å². The van der Waals surface area contributed by atoms with E-state index in [-0.39, 0.29) is 0 Å². The fourth-order valence-corrected chi connectivity index (χ4v) is 4.03. The summed E-state index contributed by atoms with van der Waals surface area (Å²) in [7, 11) is 1.63. The van der Waals surface area contributed by atoms with Crippen LogP contribution < -0.4 is 9.64 Å². The lowest BCUT2D eigenvalue weighted by molar-refractivity contribution is 0.246. The van der Waals surface area contributed by atoms with Gasteiger partial charge in [0, 0.05) is 43.3 Å². The number of halogens is 2. The zero-order valence-corrected chi connectivity index (χ0v) is 19.9. The minimum absolute atomic E-state index is 0.574. The van der Waals surface area contributed by atoms with Gasteiger partial charge in [0.25, 0.3) is 0 Å². The summed E-state index contributed by atoms with van der Waals surface area (Å²) < 4.78 is 5.43. The molecule has 0 aliphatic carbocycles. The van der Waals surface area contributed by atoms with Gasteiger partial charge in [0.05, 0.1) is 41.1 Å². The number of hydrogen-bond acceptors (Lipinski definition) is 5. The van der Waals surface area contributed by atoms with E-state index in [1.165, 1.54) is 0 Å². The fourth-order valence-electron chi connectivity index (χ4n) is 3.58. The molecule has 4 rings (SSSR count). The van der Waals surface area contributed by atoms with Crippen molar-refractivity contribution in [3.63, 3.8) is 0 Å². The van der Waals surface area contributed by atoms with E-state index < -0.39 is 0 Å². The molecule has 1 aliphatic heterocycles. The van der Waals surface area contributed by atoms with E-state index in [4.69, 9.17) is 38.5 Å². The molecule has 7 heteroatoms. The van der Waals surface area contributed by atoms with E-state index in [0.29, 0.717) is 16.1 Å². The van der Waals surface area contributed by atoms with Crippen LogP contribution in [0.2, 0.25) is 10.0 Å². The maximum Gasteiger partial charge on any atom is 0.124 e. The molecule has 1 heterocycles. The molecule has 0 amide bonds. The molecule has 0 radical (unpaired) electrons. The SMILES string of the molecule is COc1cc(C#N)ccc1CN1CCN(c2ccc(C#N)cc2Cl)CC1.Clc1ccccc1. The quantitative estimate of drug-likeness (QED) is 0.477. The number of anilines is 1. The molecule has 33 heavy (non-hydrogen) atoms. The number of methoxy groups -OCH3 is 1. The minimum atomic E-state index is 0.574. The Labute approximate surface area is 204 Å². The van der Waals surface area contributed by atoms with Crippen molar-refractivity contribution in [2.24, 2.45) is 0 Å². The van der Waals surface area contributed by atoms with Crippen molar-refractivity contribution < 1.29 is 4.74 Å². The van der Waals surface area contributed by atoms with Crippen molar-refractivity contribution in [3.05, 3.63) is 93.5 Å². The maximum atomic E-state index is 9.01. The second-order valence-corrected chi connectivity index (χ2v) is 8.32. The zero-order chi connectivity index (χ0) is 23.6. The van der Waals surface area contributed by atoms with Crippen molar-refractivity contribution in [1.82, 2.24) is 4.90 Å². The average molecular weight is 479 g/mol. The summed E-state index contributed by atoms with van der Waals surface area (Å²) in [6.07, 6.45) is 0. The monoisotopic (exact) mass is 478 g/mol. The second kappa shape index (κ2) is 12.1. The van der Waals surface area contributed by atoms with Crippen LogP contribution in [0.25, 0.3) is 0 Å². The van der Waals surface area contributed by atoms with Crippen LogP contribution in [0, 0.1) is 22.7 Å². The van der Waals surface area contributed by atoms with E-state index in [1.54, 1.807) is 25.3 Å². The van der Waals surface area contributed by atoms with Gasteiger partial charge < -0.3 is 9.64 Å². The van der Waals surface area contributed by atoms with Crippen LogP contribution in [0.1, 0.15) is 16.7 Å². The lowest BCUT2D eigenvalue weighted by atomic mass is 10.1. The van der Waals surface area contributed by atoms with Crippen LogP contribution >= 0.6 is 23.2 Å². The predicted molar refractivity (Wildman–Crippen MR) is 133 cm³/mol. The van der Waals surface area contributed by atoms with Gasteiger partial charge in [0.2, 0.25) is 0 Å². The van der Waals surface area contributed by atoms with Crippen LogP contribution in [0.15, 0.2) is 66.7 Å². The Balaban J connectivity index is 0.000000374. The first kappa shape index (κ1) is 24.4. The predicted octanol–water partition coefficient (Wildman–Crippen LogP) is 5.75. The van der Waals surface area contributed by atoms with E-state index in [1.807, 2.05) is 48.5 Å². The van der Waals surface area contributed by atoms with Crippen molar-refractivity contribution in [2.45, 2.75) is 6.54 Å². The Kier molecular flexibility index (Phi) is 8.98. The van der Waals surface area contributed by atoms with Gasteiger partial charge in [0.1, 0.15) is 5.75 Å². The Morgan fingerprint density at radius 1 is 0.848 bits per heavy atom. The summed E-state index contributed by atoms with van der Waals surface area (Å²) in [5.41, 5.74) is 3.23. The Hall–Kier alpha value is -3.22. The third-order valence-electron chi connectivity index (χ3n) is 5.33. The second-order valence-electron chi connectivity index (χ2n) is 7.48. The highest BCUT2D eigenvalue weighted by Gasteiger charge is 2.20. The number of nitriles is 2. The molecule has 5 nitrogen and oxygen atoms in total. The standard InChI is InChI=1S/C20H19ClN4O.C6H5Cl/c1-26-20-11-16(13-23)2-4-17(20)14-24-6-8-25(9-7-24)19-5-3-15(12-22)10-18(19)21;7-6-4-2-1-3-5-6/h2-5,10-11H,6-9,14H2,1H3;1-5H. The minimum Gasteiger partial charge on any atom is -0.496 e. The molecule has 0 atom stereocenters. The summed E-state index contributed by atoms with van der Waals surface area (Å²) in [4.78, 5) is 4.61. The third kappa shape index (κ3) is 6.88. The number of rotatable bonds is 4. The van der Waals surface area contributed by atoms with Gasteiger partial charge in [-0.15, -0.1) is 0 Å². The lowest BCUT2D eigenvalue weighted by Gasteiger charge is -2.36. The van der Waals surface area contributed by atoms with Gasteiger partial charge >= 0.3 is 0 Å². The molecule has 168 valence electrons. The highest BCUT2D eigenvalue weighted by molar-refractivity contribution is 6.33. The average Bonchev–Trinajstić information content (AvgIpc) is 2.85. The highest BCUT2D eigenvalue weighted by atomic mass is 35.5. The molecule has 1 saturated heterocycles. The van der Waals surface area contributed by atoms with Crippen molar-refractivity contribution in [3.8, 4) is 17.9 Å². The topological polar surface area (TPSA) is 63.3 Å². The largest absolute Gasteiger partial charge is 0.496 e. The molecule has 0 N–H and O–H groups in total. The van der Waals surface area contributed by atoms with Crippen LogP contribution in [0.3, 0.4) is 0 Å². The molecule has 3 aromatic carbocycles. The number of ether oxygens (including phenoxy) is 1. The smallest absolute Gasteiger partial charge is 0.124 e. The summed E-state index contributed by atoms with van der Waals surface area (Å²) >= 11 is 11.9. The van der Waals surface area contributed by atoms with Crippen LogP contribution in [-0.2, 0) is 6.54 Å². The van der Waals surface area contributed by atoms with Crippen LogP contribution in [-0.4, -0.2) is 38.2 Å². The molecule has 0 aromatic heterocycles. The van der Waals surface area contributed by atoms with Crippen molar-refractivity contribution >= 4 is 28.9 Å². The third-order valence-corrected chi connectivity index (χ3v) is 5.89. The van der Waals surface area contributed by atoms with E-state index in [9.17, 15) is 0 Å². The van der Waals surface area contributed by atoms with Gasteiger partial charge in [-0.25, -0.2) is 0 Å². The van der Waals surface area contributed by atoms with Gasteiger partial charge in [-0.3, -0.25) is 4.90 Å². The molecule has 3 aromatic rings. The van der Waals surface area contributed by atoms with E-state index >= 15 is 0 Å². The zero-order valence-electron chi connectivity index (χ0n) is 18.3. The summed E-state index contributed by atoms with van der Waals surface area (Å²) in [5, 5.41) is 19.4. The van der Waals surface area contributed by atoms with Gasteiger partial charge in [-0.05, 0) is 42.5 Å². The molecular weight excluding hydrogens is 455 g/mol. The first-order valence-corrected chi connectivity index (χ1v) is 11.2. The first-order valence-electron chi connectivity index (χ1n) is 10.5. The molecule has 1 aliphatic rings. The number of benzene rings is 3. The van der Waals surface area contributed by atoms with Gasteiger partial charge in [0.15, 0.2) is 0 Å². The summed E-state index contributed by atoms with van der Waals surface area (Å²) in [5.74, 6) is 0.751. The van der Waals surface area contributed by atoms with Crippen LogP contribution in [0.4, 0.5) is 5.69 Å². The highest BCUT2D eigenvalue weighted by Crippen LogP contribution is 2.28. The number of hydrogen-bond donors (Lipinski definition) is 0. The molecule has 1 fully saturated rings. The first-order chi connectivity index (χ1) is 16.0. The molecule has 0 spiro atoms. The van der Waals surface area contributed by atoms with Gasteiger partial charge in [-0.1, -0.05) is 47.5 Å². The molecule has 0 unspecified atom stereocenters. The molecular formula is C26H24Cl2N4O. The molecule has 0 bridgehead atoms. The van der Waals surface area contributed by atoms with Crippen molar-refractivity contribution in [2.75, 3.05) is 38.2 Å². The van der Waals surface area contributed by atoms with E-state index in [0.717, 1.165) is 54.7 Å². The van der Waals surface area contributed by atoms with E-state index in [2.05, 4.69) is 21.9 Å². The normalized spacial score (nSPS) is 13.3. The molecule has 0 saturated carbocycles. The number of piperazine rings is 1. The summed E-state index contributed by atoms with van der Waals surface area (Å²) in [6, 6.07) is 24.7. The summed E-state index contributed by atoms with van der Waals surface area (Å²) in [6.45, 7) is 4.32. The number of nitrogens with zero attached hydrogens (tertiary/aromatic N) is 4. The lowest BCUT2D eigenvalue weighted by Crippen LogP contribution is -2.46.